The van der Waals surface area contributed by atoms with Crippen LogP contribution in [-0.4, -0.2) is 34.9 Å². The summed E-state index contributed by atoms with van der Waals surface area (Å²) in [5.74, 6) is -0.423. The number of nitrogens with zero attached hydrogens (tertiary/aromatic N) is 1. The molecule has 130 valence electrons. The number of carbonyl (C=O) groups excluding carboxylic acids is 2. The van der Waals surface area contributed by atoms with Crippen LogP contribution >= 0.6 is 0 Å². The molecule has 1 atom stereocenters. The van der Waals surface area contributed by atoms with Crippen molar-refractivity contribution in [3.05, 3.63) is 66.2 Å². The highest BCUT2D eigenvalue weighted by Gasteiger charge is 2.30. The molecule has 2 aromatic carbocycles. The van der Waals surface area contributed by atoms with Crippen molar-refractivity contribution in [3.8, 4) is 0 Å². The van der Waals surface area contributed by atoms with E-state index in [1.807, 2.05) is 36.4 Å². The molecule has 0 saturated carbocycles. The fourth-order valence-corrected chi connectivity index (χ4v) is 3.08. The van der Waals surface area contributed by atoms with E-state index in [1.54, 1.807) is 29.2 Å². The molecule has 2 N–H and O–H groups in total. The van der Waals surface area contributed by atoms with Crippen molar-refractivity contribution in [1.82, 2.24) is 4.90 Å². The Morgan fingerprint density at radius 1 is 0.960 bits per heavy atom. The number of nitrogens with one attached hydrogen (secondary N) is 1. The van der Waals surface area contributed by atoms with Gasteiger partial charge in [-0.15, -0.1) is 0 Å². The molecule has 1 fully saturated rings. The minimum atomic E-state index is -1.14. The smallest absolute Gasteiger partial charge is 0.256 e. The van der Waals surface area contributed by atoms with E-state index in [-0.39, 0.29) is 17.7 Å². The van der Waals surface area contributed by atoms with E-state index >= 15 is 0 Å². The highest BCUT2D eigenvalue weighted by Crippen LogP contribution is 2.23. The van der Waals surface area contributed by atoms with Crippen molar-refractivity contribution in [2.24, 2.45) is 5.92 Å². The molecule has 2 amide bonds. The van der Waals surface area contributed by atoms with Crippen LogP contribution < -0.4 is 5.32 Å². The van der Waals surface area contributed by atoms with E-state index in [9.17, 15) is 14.7 Å². The predicted molar refractivity (Wildman–Crippen MR) is 95.8 cm³/mol. The Labute approximate surface area is 147 Å². The van der Waals surface area contributed by atoms with Crippen molar-refractivity contribution >= 4 is 17.5 Å². The van der Waals surface area contributed by atoms with Gasteiger partial charge in [0.1, 0.15) is 0 Å². The summed E-state index contributed by atoms with van der Waals surface area (Å²) in [5.41, 5.74) is 1.38. The molecule has 1 heterocycles. The second-order valence-corrected chi connectivity index (χ2v) is 6.27. The fourth-order valence-electron chi connectivity index (χ4n) is 3.08. The summed E-state index contributed by atoms with van der Waals surface area (Å²) in [6.45, 7) is 0.963. The summed E-state index contributed by atoms with van der Waals surface area (Å²) in [6, 6.07) is 18.3. The maximum Gasteiger partial charge on any atom is 0.256 e. The first-order valence-electron chi connectivity index (χ1n) is 8.53. The Balaban J connectivity index is 1.53. The molecule has 0 aliphatic carbocycles. The summed E-state index contributed by atoms with van der Waals surface area (Å²) >= 11 is 0. The number of likely N-dealkylation sites (tertiary alicyclic amines) is 1. The molecule has 1 saturated heterocycles. The van der Waals surface area contributed by atoms with Crippen LogP contribution in [0.5, 0.6) is 0 Å². The zero-order valence-electron chi connectivity index (χ0n) is 14.0. The van der Waals surface area contributed by atoms with Crippen LogP contribution in [0.4, 0.5) is 5.69 Å². The monoisotopic (exact) mass is 338 g/mol. The molecule has 5 nitrogen and oxygen atoms in total. The number of benzene rings is 2. The van der Waals surface area contributed by atoms with Crippen LogP contribution in [0.25, 0.3) is 0 Å². The summed E-state index contributed by atoms with van der Waals surface area (Å²) in [7, 11) is 0. The zero-order chi connectivity index (χ0) is 17.6. The maximum absolute atomic E-state index is 12.4. The minimum Gasteiger partial charge on any atom is -0.378 e. The number of para-hydroxylation sites is 1. The van der Waals surface area contributed by atoms with Crippen molar-refractivity contribution in [2.45, 2.75) is 18.9 Å². The second kappa shape index (κ2) is 7.94. The molecule has 1 aliphatic rings. The molecular formula is C20H22N2O3. The average Bonchev–Trinajstić information content (AvgIpc) is 2.68. The Morgan fingerprint density at radius 3 is 2.12 bits per heavy atom. The van der Waals surface area contributed by atoms with Gasteiger partial charge >= 0.3 is 0 Å². The lowest BCUT2D eigenvalue weighted by Gasteiger charge is -2.32. The van der Waals surface area contributed by atoms with Gasteiger partial charge in [-0.05, 0) is 30.5 Å². The normalized spacial score (nSPS) is 16.3. The molecule has 0 aromatic heterocycles. The Hall–Kier alpha value is -2.66. The summed E-state index contributed by atoms with van der Waals surface area (Å²) in [4.78, 5) is 26.4. The van der Waals surface area contributed by atoms with Gasteiger partial charge in [-0.25, -0.2) is 0 Å². The number of amides is 2. The number of aliphatic hydroxyl groups is 1. The van der Waals surface area contributed by atoms with Gasteiger partial charge in [-0.3, -0.25) is 9.59 Å². The number of hydrogen-bond donors (Lipinski definition) is 2. The third-order valence-electron chi connectivity index (χ3n) is 4.57. The van der Waals surface area contributed by atoms with Gasteiger partial charge in [0.05, 0.1) is 0 Å². The van der Waals surface area contributed by atoms with E-state index in [4.69, 9.17) is 0 Å². The molecule has 1 unspecified atom stereocenters. The average molecular weight is 338 g/mol. The van der Waals surface area contributed by atoms with Gasteiger partial charge in [-0.1, -0.05) is 48.5 Å². The lowest BCUT2D eigenvalue weighted by molar-refractivity contribution is -0.143. The molecular weight excluding hydrogens is 316 g/mol. The number of anilines is 1. The Morgan fingerprint density at radius 2 is 1.52 bits per heavy atom. The fraction of sp³-hybridized carbons (Fsp3) is 0.300. The van der Waals surface area contributed by atoms with Crippen molar-refractivity contribution in [3.63, 3.8) is 0 Å². The zero-order valence-corrected chi connectivity index (χ0v) is 14.0. The lowest BCUT2D eigenvalue weighted by atomic mass is 9.95. The van der Waals surface area contributed by atoms with Crippen molar-refractivity contribution < 1.29 is 14.7 Å². The van der Waals surface area contributed by atoms with E-state index in [0.717, 1.165) is 5.69 Å². The number of aliphatic hydroxyl groups excluding tert-OH is 1. The quantitative estimate of drug-likeness (QED) is 0.900. The third kappa shape index (κ3) is 4.25. The van der Waals surface area contributed by atoms with Crippen LogP contribution in [-0.2, 0) is 9.59 Å². The highest BCUT2D eigenvalue weighted by atomic mass is 16.3. The topological polar surface area (TPSA) is 69.6 Å². The van der Waals surface area contributed by atoms with Crippen LogP contribution in [0, 0.1) is 5.92 Å². The molecule has 2 aromatic rings. The molecule has 1 aliphatic heterocycles. The van der Waals surface area contributed by atoms with E-state index < -0.39 is 6.10 Å². The Kier molecular flexibility index (Phi) is 5.46. The summed E-state index contributed by atoms with van der Waals surface area (Å²) in [6.07, 6.45) is 0.0635. The molecule has 0 radical (unpaired) electrons. The first-order chi connectivity index (χ1) is 12.1. The van der Waals surface area contributed by atoms with Gasteiger partial charge in [0, 0.05) is 24.7 Å². The SMILES string of the molecule is O=C(Nc1ccccc1)C1CCN(C(=O)C(O)c2ccccc2)CC1. The maximum atomic E-state index is 12.4. The number of piperidine rings is 1. The molecule has 3 rings (SSSR count). The van der Waals surface area contributed by atoms with E-state index in [1.165, 1.54) is 0 Å². The van der Waals surface area contributed by atoms with Crippen molar-refractivity contribution in [1.29, 1.82) is 0 Å². The summed E-state index contributed by atoms with van der Waals surface area (Å²) < 4.78 is 0. The largest absolute Gasteiger partial charge is 0.378 e. The molecule has 5 heteroatoms. The third-order valence-corrected chi connectivity index (χ3v) is 4.57. The van der Waals surface area contributed by atoms with Gasteiger partial charge in [0.25, 0.3) is 5.91 Å². The van der Waals surface area contributed by atoms with E-state index in [2.05, 4.69) is 5.32 Å². The van der Waals surface area contributed by atoms with Crippen LogP contribution in [0.1, 0.15) is 24.5 Å². The van der Waals surface area contributed by atoms with E-state index in [0.29, 0.717) is 31.5 Å². The molecule has 25 heavy (non-hydrogen) atoms. The lowest BCUT2D eigenvalue weighted by Crippen LogP contribution is -2.43. The standard InChI is InChI=1S/C20H22N2O3/c23-18(15-7-3-1-4-8-15)20(25)22-13-11-16(12-14-22)19(24)21-17-9-5-2-6-10-17/h1-10,16,18,23H,11-14H2,(H,21,24). The Bertz CT molecular complexity index is 710. The van der Waals surface area contributed by atoms with Crippen LogP contribution in [0.3, 0.4) is 0 Å². The second-order valence-electron chi connectivity index (χ2n) is 6.27. The summed E-state index contributed by atoms with van der Waals surface area (Å²) in [5, 5.41) is 13.2. The molecule has 0 spiro atoms. The first kappa shape index (κ1) is 17.2. The van der Waals surface area contributed by atoms with Crippen LogP contribution in [0.15, 0.2) is 60.7 Å². The number of hydrogen-bond acceptors (Lipinski definition) is 3. The number of rotatable bonds is 4. The van der Waals surface area contributed by atoms with Gasteiger partial charge in [-0.2, -0.15) is 0 Å². The molecule has 0 bridgehead atoms. The van der Waals surface area contributed by atoms with Crippen molar-refractivity contribution in [2.75, 3.05) is 18.4 Å². The highest BCUT2D eigenvalue weighted by molar-refractivity contribution is 5.92. The van der Waals surface area contributed by atoms with Gasteiger partial charge in [0.15, 0.2) is 6.10 Å². The van der Waals surface area contributed by atoms with Crippen LogP contribution in [0.2, 0.25) is 0 Å². The van der Waals surface area contributed by atoms with Gasteiger partial charge in [0.2, 0.25) is 5.91 Å². The first-order valence-corrected chi connectivity index (χ1v) is 8.53. The van der Waals surface area contributed by atoms with Gasteiger partial charge < -0.3 is 15.3 Å². The number of carbonyl (C=O) groups is 2. The minimum absolute atomic E-state index is 0.0121. The predicted octanol–water partition coefficient (Wildman–Crippen LogP) is 2.60.